The predicted molar refractivity (Wildman–Crippen MR) is 111 cm³/mol. The minimum atomic E-state index is -0.0953. The van der Waals surface area contributed by atoms with Crippen LogP contribution < -0.4 is 5.73 Å². The van der Waals surface area contributed by atoms with Crippen LogP contribution in [0.5, 0.6) is 0 Å². The van der Waals surface area contributed by atoms with Crippen LogP contribution in [-0.2, 0) is 4.74 Å². The van der Waals surface area contributed by atoms with Gasteiger partial charge in [-0.05, 0) is 110 Å². The number of ether oxygens (including phenoxy) is 1. The average molecular weight is 388 g/mol. The zero-order valence-electron chi connectivity index (χ0n) is 18.3. The lowest BCUT2D eigenvalue weighted by molar-refractivity contribution is -0.134. The molecular weight excluding hydrogens is 346 g/mol. The Kier molecular flexibility index (Phi) is 3.70. The summed E-state index contributed by atoms with van der Waals surface area (Å²) in [7, 11) is 0. The molecule has 158 valence electrons. The van der Waals surface area contributed by atoms with Crippen molar-refractivity contribution in [2.45, 2.75) is 103 Å². The zero-order valence-corrected chi connectivity index (χ0v) is 18.3. The molecule has 3 heteroatoms. The summed E-state index contributed by atoms with van der Waals surface area (Å²) < 4.78 is 6.54. The molecule has 3 nitrogen and oxygen atoms in total. The summed E-state index contributed by atoms with van der Waals surface area (Å²) >= 11 is 0. The number of aliphatic hydroxyl groups excluding tert-OH is 1. The lowest BCUT2D eigenvalue weighted by Gasteiger charge is -2.59. The van der Waals surface area contributed by atoms with Gasteiger partial charge >= 0.3 is 0 Å². The maximum atomic E-state index is 10.8. The number of fused-ring (bicyclic) bond motifs is 4. The lowest BCUT2D eigenvalue weighted by atomic mass is 9.46. The normalized spacial score (nSPS) is 61.4. The van der Waals surface area contributed by atoms with Crippen LogP contribution in [0.25, 0.3) is 0 Å². The molecule has 0 amide bonds. The summed E-state index contributed by atoms with van der Waals surface area (Å²) in [5.41, 5.74) is 7.74. The smallest absolute Gasteiger partial charge is 0.0701 e. The molecule has 0 aromatic carbocycles. The third-order valence-corrected chi connectivity index (χ3v) is 11.9. The number of aliphatic hydroxyl groups is 1. The van der Waals surface area contributed by atoms with E-state index in [1.165, 1.54) is 57.8 Å². The van der Waals surface area contributed by atoms with E-state index in [1.54, 1.807) is 0 Å². The summed E-state index contributed by atoms with van der Waals surface area (Å²) in [6.45, 7) is 8.07. The molecular formula is C25H41NO2. The number of nitrogens with two attached hydrogens (primary N) is 1. The molecule has 0 aromatic heterocycles. The van der Waals surface area contributed by atoms with Gasteiger partial charge in [0.1, 0.15) is 0 Å². The molecule has 1 saturated heterocycles. The third-order valence-electron chi connectivity index (χ3n) is 11.9. The molecule has 0 bridgehead atoms. The second kappa shape index (κ2) is 5.56. The van der Waals surface area contributed by atoms with Crippen LogP contribution in [0, 0.1) is 45.3 Å². The minimum Gasteiger partial charge on any atom is -0.393 e. The molecule has 5 saturated carbocycles. The molecule has 3 N–H and O–H groups in total. The molecule has 28 heavy (non-hydrogen) atoms. The van der Waals surface area contributed by atoms with Crippen LogP contribution in [0.4, 0.5) is 0 Å². The molecule has 8 unspecified atom stereocenters. The first kappa shape index (κ1) is 18.6. The first-order valence-electron chi connectivity index (χ1n) is 12.3. The maximum absolute atomic E-state index is 10.8. The van der Waals surface area contributed by atoms with Gasteiger partial charge in [-0.2, -0.15) is 0 Å². The van der Waals surface area contributed by atoms with Gasteiger partial charge in [-0.3, -0.25) is 0 Å². The Morgan fingerprint density at radius 3 is 2.46 bits per heavy atom. The summed E-state index contributed by atoms with van der Waals surface area (Å²) in [5.74, 6) is 3.29. The van der Waals surface area contributed by atoms with E-state index >= 15 is 0 Å². The quantitative estimate of drug-likeness (QED) is 0.696. The fourth-order valence-corrected chi connectivity index (χ4v) is 10.5. The summed E-state index contributed by atoms with van der Waals surface area (Å²) in [5, 5.41) is 10.8. The standard InChI is InChI=1S/C25H41NO2/c1-22(2)20-7-6-16-18-12-19-17(5-4-15(13-26)28-19)23(18,3)10-11-24(16)14-25(20,24)9-8-21(22)27/h15-21,27H,4-14,26H2,1-3H3/t15?,16?,17?,18?,19?,20?,21-,23?,24-,25?/m0/s1. The second-order valence-electron chi connectivity index (χ2n) is 12.7. The van der Waals surface area contributed by atoms with E-state index in [0.717, 1.165) is 30.1 Å². The van der Waals surface area contributed by atoms with E-state index < -0.39 is 0 Å². The van der Waals surface area contributed by atoms with Crippen molar-refractivity contribution in [3.63, 3.8) is 0 Å². The first-order chi connectivity index (χ1) is 13.3. The summed E-state index contributed by atoms with van der Waals surface area (Å²) in [6, 6.07) is 0. The van der Waals surface area contributed by atoms with E-state index in [4.69, 9.17) is 10.5 Å². The molecule has 6 rings (SSSR count). The number of hydrogen-bond donors (Lipinski definition) is 2. The van der Waals surface area contributed by atoms with Crippen molar-refractivity contribution in [1.29, 1.82) is 0 Å². The summed E-state index contributed by atoms with van der Waals surface area (Å²) in [6.07, 6.45) is 13.9. The van der Waals surface area contributed by atoms with Gasteiger partial charge in [-0.1, -0.05) is 20.8 Å². The molecule has 6 fully saturated rings. The van der Waals surface area contributed by atoms with Gasteiger partial charge in [0.25, 0.3) is 0 Å². The lowest BCUT2D eigenvalue weighted by Crippen LogP contribution is -2.54. The number of hydrogen-bond acceptors (Lipinski definition) is 3. The van der Waals surface area contributed by atoms with E-state index in [9.17, 15) is 5.11 Å². The van der Waals surface area contributed by atoms with Crippen molar-refractivity contribution in [2.24, 2.45) is 51.1 Å². The van der Waals surface area contributed by atoms with Crippen molar-refractivity contribution in [3.8, 4) is 0 Å². The minimum absolute atomic E-state index is 0.0953. The maximum Gasteiger partial charge on any atom is 0.0701 e. The first-order valence-corrected chi connectivity index (χ1v) is 12.3. The van der Waals surface area contributed by atoms with E-state index in [0.29, 0.717) is 35.0 Å². The van der Waals surface area contributed by atoms with Crippen LogP contribution in [-0.4, -0.2) is 30.0 Å². The Bertz CT molecular complexity index is 677. The fraction of sp³-hybridized carbons (Fsp3) is 1.00. The molecule has 1 heterocycles. The molecule has 1 aliphatic heterocycles. The highest BCUT2D eigenvalue weighted by Gasteiger charge is 2.80. The van der Waals surface area contributed by atoms with Gasteiger partial charge in [0, 0.05) is 6.54 Å². The van der Waals surface area contributed by atoms with Gasteiger partial charge in [-0.15, -0.1) is 0 Å². The van der Waals surface area contributed by atoms with Crippen LogP contribution >= 0.6 is 0 Å². The molecule has 10 atom stereocenters. The highest BCUT2D eigenvalue weighted by atomic mass is 16.5. The molecule has 0 aromatic rings. The highest BCUT2D eigenvalue weighted by Crippen LogP contribution is 2.87. The molecule has 5 aliphatic carbocycles. The van der Waals surface area contributed by atoms with Crippen molar-refractivity contribution >= 4 is 0 Å². The van der Waals surface area contributed by atoms with Crippen molar-refractivity contribution in [1.82, 2.24) is 0 Å². The Morgan fingerprint density at radius 2 is 1.68 bits per heavy atom. The van der Waals surface area contributed by atoms with Crippen molar-refractivity contribution < 1.29 is 9.84 Å². The van der Waals surface area contributed by atoms with Crippen LogP contribution in [0.15, 0.2) is 0 Å². The van der Waals surface area contributed by atoms with E-state index in [2.05, 4.69) is 20.8 Å². The monoisotopic (exact) mass is 387 g/mol. The largest absolute Gasteiger partial charge is 0.393 e. The van der Waals surface area contributed by atoms with Gasteiger partial charge in [-0.25, -0.2) is 0 Å². The van der Waals surface area contributed by atoms with Crippen LogP contribution in [0.3, 0.4) is 0 Å². The van der Waals surface area contributed by atoms with E-state index in [1.807, 2.05) is 0 Å². The number of rotatable bonds is 1. The van der Waals surface area contributed by atoms with Gasteiger partial charge in [0.2, 0.25) is 0 Å². The Labute approximate surface area is 171 Å². The Hall–Kier alpha value is -0.120. The van der Waals surface area contributed by atoms with Gasteiger partial charge in [0.05, 0.1) is 18.3 Å². The van der Waals surface area contributed by atoms with Gasteiger partial charge < -0.3 is 15.6 Å². The predicted octanol–water partition coefficient (Wildman–Crippen LogP) is 4.51. The van der Waals surface area contributed by atoms with Gasteiger partial charge in [0.15, 0.2) is 0 Å². The molecule has 0 radical (unpaired) electrons. The molecule has 6 aliphatic rings. The SMILES string of the molecule is CC12CC[C@@]34CC35CC[C@H](O)C(C)(C)C5CCC4C1CC1OC(CN)CCC12. The topological polar surface area (TPSA) is 55.5 Å². The highest BCUT2D eigenvalue weighted by molar-refractivity contribution is 5.29. The summed E-state index contributed by atoms with van der Waals surface area (Å²) in [4.78, 5) is 0. The Morgan fingerprint density at radius 1 is 0.893 bits per heavy atom. The molecule has 2 spiro atoms. The van der Waals surface area contributed by atoms with E-state index in [-0.39, 0.29) is 11.5 Å². The fourth-order valence-electron chi connectivity index (χ4n) is 10.5. The van der Waals surface area contributed by atoms with Crippen LogP contribution in [0.1, 0.15) is 85.0 Å². The average Bonchev–Trinajstić information content (AvgIpc) is 3.25. The second-order valence-corrected chi connectivity index (χ2v) is 12.7. The third kappa shape index (κ3) is 1.98. The van der Waals surface area contributed by atoms with Crippen molar-refractivity contribution in [3.05, 3.63) is 0 Å². The van der Waals surface area contributed by atoms with Crippen molar-refractivity contribution in [2.75, 3.05) is 6.54 Å². The Balaban J connectivity index is 1.32. The van der Waals surface area contributed by atoms with Crippen LogP contribution in [0.2, 0.25) is 0 Å². The zero-order chi connectivity index (χ0) is 19.5.